The largest absolute Gasteiger partial charge is 0.347 e. The second-order valence-electron chi connectivity index (χ2n) is 5.63. The van der Waals surface area contributed by atoms with E-state index < -0.39 is 6.04 Å². The highest BCUT2D eigenvalue weighted by molar-refractivity contribution is 5.88. The van der Waals surface area contributed by atoms with Crippen molar-refractivity contribution in [2.45, 2.75) is 32.4 Å². The van der Waals surface area contributed by atoms with Crippen LogP contribution in [0.5, 0.6) is 0 Å². The van der Waals surface area contributed by atoms with Gasteiger partial charge in [-0.15, -0.1) is 12.4 Å². The van der Waals surface area contributed by atoms with E-state index in [0.29, 0.717) is 6.42 Å². The minimum absolute atomic E-state index is 0. The minimum Gasteiger partial charge on any atom is -0.347 e. The fourth-order valence-corrected chi connectivity index (χ4v) is 1.90. The molecule has 3 unspecified atom stereocenters. The summed E-state index contributed by atoms with van der Waals surface area (Å²) in [5.41, 5.74) is 6.75. The second kappa shape index (κ2) is 9.43. The van der Waals surface area contributed by atoms with Crippen LogP contribution in [0.4, 0.5) is 0 Å². The van der Waals surface area contributed by atoms with Crippen LogP contribution in [-0.4, -0.2) is 42.9 Å². The molecule has 124 valence electrons. The molecule has 6 heteroatoms. The Balaban J connectivity index is 0.00000441. The average molecular weight is 328 g/mol. The van der Waals surface area contributed by atoms with Crippen LogP contribution in [0.3, 0.4) is 0 Å². The third-order valence-electron chi connectivity index (χ3n) is 3.54. The first-order valence-corrected chi connectivity index (χ1v) is 7.14. The number of hydrogen-bond donors (Lipinski definition) is 2. The lowest BCUT2D eigenvalue weighted by molar-refractivity contribution is -0.135. The third-order valence-corrected chi connectivity index (χ3v) is 3.54. The zero-order chi connectivity index (χ0) is 16.0. The van der Waals surface area contributed by atoms with Crippen LogP contribution < -0.4 is 11.1 Å². The van der Waals surface area contributed by atoms with Crippen LogP contribution in [0.2, 0.25) is 0 Å². The summed E-state index contributed by atoms with van der Waals surface area (Å²) in [7, 11) is 3.36. The van der Waals surface area contributed by atoms with Crippen LogP contribution in [0.25, 0.3) is 0 Å². The van der Waals surface area contributed by atoms with Gasteiger partial charge in [-0.2, -0.15) is 0 Å². The Bertz CT molecular complexity index is 478. The first-order chi connectivity index (χ1) is 9.82. The molecule has 1 aromatic carbocycles. The van der Waals surface area contributed by atoms with Gasteiger partial charge in [-0.1, -0.05) is 37.3 Å². The molecule has 0 aromatic heterocycles. The van der Waals surface area contributed by atoms with E-state index >= 15 is 0 Å². The summed E-state index contributed by atoms with van der Waals surface area (Å²) in [6.45, 7) is 3.55. The van der Waals surface area contributed by atoms with Crippen LogP contribution in [0, 0.1) is 5.92 Å². The Labute approximate surface area is 138 Å². The Morgan fingerprint density at radius 3 is 2.18 bits per heavy atom. The van der Waals surface area contributed by atoms with Gasteiger partial charge in [0.2, 0.25) is 11.8 Å². The number of hydrogen-bond acceptors (Lipinski definition) is 3. The predicted molar refractivity (Wildman–Crippen MR) is 90.8 cm³/mol. The van der Waals surface area contributed by atoms with Crippen molar-refractivity contribution in [1.29, 1.82) is 0 Å². The number of carbonyl (C=O) groups is 2. The van der Waals surface area contributed by atoms with Crippen molar-refractivity contribution in [2.24, 2.45) is 11.7 Å². The fourth-order valence-electron chi connectivity index (χ4n) is 1.90. The highest BCUT2D eigenvalue weighted by atomic mass is 35.5. The molecular formula is C16H26ClN3O2. The molecule has 0 radical (unpaired) electrons. The molecule has 0 fully saturated rings. The van der Waals surface area contributed by atoms with Crippen LogP contribution in [0.15, 0.2) is 30.3 Å². The summed E-state index contributed by atoms with van der Waals surface area (Å²) in [4.78, 5) is 25.9. The number of nitrogens with zero attached hydrogens (tertiary/aromatic N) is 1. The topological polar surface area (TPSA) is 75.4 Å². The SMILES string of the molecule is CC(N)C(C)C(=O)NC(Cc1ccccc1)C(=O)N(C)C.Cl. The number of likely N-dealkylation sites (N-methyl/N-ethyl adjacent to an activating group) is 1. The number of rotatable bonds is 6. The van der Waals surface area contributed by atoms with E-state index in [1.807, 2.05) is 30.3 Å². The second-order valence-corrected chi connectivity index (χ2v) is 5.63. The van der Waals surface area contributed by atoms with Gasteiger partial charge in [0.25, 0.3) is 0 Å². The predicted octanol–water partition coefficient (Wildman–Crippen LogP) is 1.21. The van der Waals surface area contributed by atoms with Crippen LogP contribution >= 0.6 is 12.4 Å². The Hall–Kier alpha value is -1.59. The molecule has 0 aliphatic carbocycles. The first-order valence-electron chi connectivity index (χ1n) is 7.14. The van der Waals surface area contributed by atoms with E-state index in [1.165, 1.54) is 4.90 Å². The maximum atomic E-state index is 12.3. The van der Waals surface area contributed by atoms with Crippen molar-refractivity contribution in [3.05, 3.63) is 35.9 Å². The average Bonchev–Trinajstić information content (AvgIpc) is 2.45. The minimum atomic E-state index is -0.573. The van der Waals surface area contributed by atoms with Gasteiger partial charge in [0, 0.05) is 32.5 Å². The van der Waals surface area contributed by atoms with E-state index in [1.54, 1.807) is 27.9 Å². The summed E-state index contributed by atoms with van der Waals surface area (Å²) >= 11 is 0. The number of halogens is 1. The highest BCUT2D eigenvalue weighted by Crippen LogP contribution is 2.07. The zero-order valence-electron chi connectivity index (χ0n) is 13.6. The number of amides is 2. The smallest absolute Gasteiger partial charge is 0.244 e. The molecule has 2 amide bonds. The van der Waals surface area contributed by atoms with Gasteiger partial charge in [-0.05, 0) is 12.5 Å². The van der Waals surface area contributed by atoms with Crippen molar-refractivity contribution in [2.75, 3.05) is 14.1 Å². The number of carbonyl (C=O) groups excluding carboxylic acids is 2. The van der Waals surface area contributed by atoms with Crippen LogP contribution in [-0.2, 0) is 16.0 Å². The van der Waals surface area contributed by atoms with Gasteiger partial charge >= 0.3 is 0 Å². The molecule has 5 nitrogen and oxygen atoms in total. The van der Waals surface area contributed by atoms with Gasteiger partial charge in [0.15, 0.2) is 0 Å². The van der Waals surface area contributed by atoms with Crippen molar-refractivity contribution in [3.8, 4) is 0 Å². The molecule has 3 atom stereocenters. The van der Waals surface area contributed by atoms with Crippen molar-refractivity contribution in [3.63, 3.8) is 0 Å². The van der Waals surface area contributed by atoms with E-state index in [9.17, 15) is 9.59 Å². The standard InChI is InChI=1S/C16H25N3O2.ClH/c1-11(12(2)17)15(20)18-14(16(21)19(3)4)10-13-8-6-5-7-9-13;/h5-9,11-12,14H,10,17H2,1-4H3,(H,18,20);1H. The Morgan fingerprint density at radius 1 is 1.18 bits per heavy atom. The zero-order valence-corrected chi connectivity index (χ0v) is 14.4. The molecular weight excluding hydrogens is 302 g/mol. The van der Waals surface area contributed by atoms with Gasteiger partial charge < -0.3 is 16.0 Å². The molecule has 3 N–H and O–H groups in total. The number of nitrogens with two attached hydrogens (primary N) is 1. The van der Waals surface area contributed by atoms with E-state index in [0.717, 1.165) is 5.56 Å². The summed E-state index contributed by atoms with van der Waals surface area (Å²) in [6, 6.07) is 8.81. The molecule has 0 saturated heterocycles. The van der Waals surface area contributed by atoms with E-state index in [-0.39, 0.29) is 36.2 Å². The van der Waals surface area contributed by atoms with Crippen molar-refractivity contribution in [1.82, 2.24) is 10.2 Å². The number of benzene rings is 1. The quantitative estimate of drug-likeness (QED) is 0.824. The van der Waals surface area contributed by atoms with Gasteiger partial charge in [0.05, 0.1) is 0 Å². The summed E-state index contributed by atoms with van der Waals surface area (Å²) in [5.74, 6) is -0.650. The summed E-state index contributed by atoms with van der Waals surface area (Å²) < 4.78 is 0. The van der Waals surface area contributed by atoms with Crippen molar-refractivity contribution >= 4 is 24.2 Å². The lowest BCUT2D eigenvalue weighted by Crippen LogP contribution is -2.50. The van der Waals surface area contributed by atoms with Gasteiger partial charge in [-0.25, -0.2) is 0 Å². The lowest BCUT2D eigenvalue weighted by atomic mass is 10.0. The third kappa shape index (κ3) is 6.03. The molecule has 0 bridgehead atoms. The molecule has 0 heterocycles. The maximum absolute atomic E-state index is 12.3. The molecule has 0 spiro atoms. The molecule has 22 heavy (non-hydrogen) atoms. The fraction of sp³-hybridized carbons (Fsp3) is 0.500. The molecule has 0 saturated carbocycles. The van der Waals surface area contributed by atoms with Crippen molar-refractivity contribution < 1.29 is 9.59 Å². The summed E-state index contributed by atoms with van der Waals surface area (Å²) in [6.07, 6.45) is 0.468. The normalized spacial score (nSPS) is 14.2. The van der Waals surface area contributed by atoms with E-state index in [2.05, 4.69) is 5.32 Å². The van der Waals surface area contributed by atoms with Gasteiger partial charge in [0.1, 0.15) is 6.04 Å². The molecule has 0 aliphatic heterocycles. The van der Waals surface area contributed by atoms with E-state index in [4.69, 9.17) is 5.73 Å². The lowest BCUT2D eigenvalue weighted by Gasteiger charge is -2.24. The highest BCUT2D eigenvalue weighted by Gasteiger charge is 2.26. The Kier molecular flexibility index (Phi) is 8.75. The van der Waals surface area contributed by atoms with Crippen LogP contribution in [0.1, 0.15) is 19.4 Å². The molecule has 1 rings (SSSR count). The monoisotopic (exact) mass is 327 g/mol. The van der Waals surface area contributed by atoms with Gasteiger partial charge in [-0.3, -0.25) is 9.59 Å². The number of nitrogens with one attached hydrogen (secondary N) is 1. The molecule has 1 aromatic rings. The molecule has 0 aliphatic rings. The maximum Gasteiger partial charge on any atom is 0.244 e. The Morgan fingerprint density at radius 2 is 1.73 bits per heavy atom. The first kappa shape index (κ1) is 20.4. The summed E-state index contributed by atoms with van der Waals surface area (Å²) in [5, 5.41) is 2.82.